The first kappa shape index (κ1) is 19.1. The van der Waals surface area contributed by atoms with Crippen molar-refractivity contribution in [2.45, 2.75) is 39.4 Å². The van der Waals surface area contributed by atoms with Crippen LogP contribution in [0.25, 0.3) is 0 Å². The minimum absolute atomic E-state index is 0.0538. The Hall–Kier alpha value is -3.23. The summed E-state index contributed by atoms with van der Waals surface area (Å²) in [5, 5.41) is 31.2. The van der Waals surface area contributed by atoms with E-state index < -0.39 is 29.4 Å². The topological polar surface area (TPSA) is 132 Å². The zero-order valence-electron chi connectivity index (χ0n) is 13.8. The van der Waals surface area contributed by atoms with Gasteiger partial charge in [-0.15, -0.1) is 15.3 Å². The minimum atomic E-state index is -4.73. The van der Waals surface area contributed by atoms with Crippen molar-refractivity contribution in [1.82, 2.24) is 19.7 Å². The van der Waals surface area contributed by atoms with Crippen LogP contribution in [0.3, 0.4) is 0 Å². The highest BCUT2D eigenvalue weighted by molar-refractivity contribution is 5.56. The Bertz CT molecular complexity index is 938. The normalized spacial score (nSPS) is 11.8. The number of aromatic hydroxyl groups is 1. The number of H-pyrrole nitrogens is 1. The fourth-order valence-electron chi connectivity index (χ4n) is 2.10. The van der Waals surface area contributed by atoms with Crippen LogP contribution in [0.15, 0.2) is 15.0 Å². The van der Waals surface area contributed by atoms with Gasteiger partial charge in [-0.2, -0.15) is 23.4 Å². The fourth-order valence-corrected chi connectivity index (χ4v) is 2.10. The van der Waals surface area contributed by atoms with Gasteiger partial charge >= 0.3 is 6.18 Å². The lowest BCUT2D eigenvalue weighted by molar-refractivity contribution is -0.144. The monoisotopic (exact) mass is 369 g/mol. The molecule has 0 aliphatic rings. The number of azo groups is 1. The van der Waals surface area contributed by atoms with Crippen LogP contribution in [0.1, 0.15) is 36.7 Å². The molecule has 0 aliphatic carbocycles. The van der Waals surface area contributed by atoms with E-state index in [1.54, 1.807) is 11.2 Å². The summed E-state index contributed by atoms with van der Waals surface area (Å²) >= 11 is 0. The summed E-state index contributed by atoms with van der Waals surface area (Å²) < 4.78 is 38.4. The number of aromatic amines is 1. The van der Waals surface area contributed by atoms with Gasteiger partial charge in [-0.3, -0.25) is 14.5 Å². The van der Waals surface area contributed by atoms with Gasteiger partial charge in [0.2, 0.25) is 11.7 Å². The molecular formula is C14H14F3N7O2. The number of pyridine rings is 1. The molecule has 2 heterocycles. The number of halogens is 3. The molecule has 2 N–H and O–H groups in total. The van der Waals surface area contributed by atoms with Crippen LogP contribution in [0, 0.1) is 18.3 Å². The molecular weight excluding hydrogens is 355 g/mol. The second-order valence-corrected chi connectivity index (χ2v) is 5.28. The van der Waals surface area contributed by atoms with E-state index in [-0.39, 0.29) is 23.4 Å². The molecule has 9 nitrogen and oxygen atoms in total. The number of hydrogen-bond acceptors (Lipinski definition) is 7. The number of rotatable bonds is 5. The Morgan fingerprint density at radius 3 is 2.62 bits per heavy atom. The summed E-state index contributed by atoms with van der Waals surface area (Å²) in [7, 11) is 0. The summed E-state index contributed by atoms with van der Waals surface area (Å²) in [5.41, 5.74) is -1.12. The molecule has 0 atom stereocenters. The van der Waals surface area contributed by atoms with Crippen molar-refractivity contribution in [2.24, 2.45) is 10.2 Å². The molecule has 0 aliphatic heterocycles. The summed E-state index contributed by atoms with van der Waals surface area (Å²) in [6.07, 6.45) is -3.43. The van der Waals surface area contributed by atoms with Crippen LogP contribution in [0.4, 0.5) is 24.8 Å². The van der Waals surface area contributed by atoms with Gasteiger partial charge < -0.3 is 5.11 Å². The van der Waals surface area contributed by atoms with Crippen molar-refractivity contribution in [3.63, 3.8) is 0 Å². The molecule has 0 saturated carbocycles. The molecule has 138 valence electrons. The summed E-state index contributed by atoms with van der Waals surface area (Å²) in [4.78, 5) is 15.6. The molecule has 0 radical (unpaired) electrons. The lowest BCUT2D eigenvalue weighted by atomic mass is 10.1. The highest BCUT2D eigenvalue weighted by atomic mass is 19.4. The number of aromatic nitrogens is 4. The second-order valence-electron chi connectivity index (χ2n) is 5.28. The standard InChI is InChI=1S/C14H14F3N7O2/c1-3-4-5-24-10(25)8(6-18)7(2)9(11(24)26)20-22-13-19-12(21-23-13)14(15,16)17/h25H,3-5H2,1-2H3,(H,19,21,23). The van der Waals surface area contributed by atoms with E-state index >= 15 is 0 Å². The predicted octanol–water partition coefficient (Wildman–Crippen LogP) is 3.09. The zero-order chi connectivity index (χ0) is 19.5. The highest BCUT2D eigenvalue weighted by Gasteiger charge is 2.35. The number of hydrogen-bond donors (Lipinski definition) is 2. The third-order valence-corrected chi connectivity index (χ3v) is 3.49. The van der Waals surface area contributed by atoms with Crippen molar-refractivity contribution in [3.05, 3.63) is 27.3 Å². The number of nitrogens with one attached hydrogen (secondary N) is 1. The Labute approximate surface area is 144 Å². The zero-order valence-corrected chi connectivity index (χ0v) is 13.8. The van der Waals surface area contributed by atoms with Gasteiger partial charge in [0.1, 0.15) is 11.6 Å². The first-order chi connectivity index (χ1) is 12.2. The third-order valence-electron chi connectivity index (χ3n) is 3.49. The van der Waals surface area contributed by atoms with Gasteiger partial charge in [0, 0.05) is 12.1 Å². The quantitative estimate of drug-likeness (QED) is 0.782. The minimum Gasteiger partial charge on any atom is -0.493 e. The summed E-state index contributed by atoms with van der Waals surface area (Å²) in [6, 6.07) is 1.77. The smallest absolute Gasteiger partial charge is 0.451 e. The van der Waals surface area contributed by atoms with E-state index in [1.165, 1.54) is 6.92 Å². The van der Waals surface area contributed by atoms with Crippen molar-refractivity contribution in [1.29, 1.82) is 5.26 Å². The van der Waals surface area contributed by atoms with Gasteiger partial charge in [0.05, 0.1) is 0 Å². The van der Waals surface area contributed by atoms with Crippen LogP contribution < -0.4 is 5.56 Å². The van der Waals surface area contributed by atoms with Gasteiger partial charge in [0.15, 0.2) is 5.69 Å². The number of alkyl halides is 3. The summed E-state index contributed by atoms with van der Waals surface area (Å²) in [5.74, 6) is -2.46. The number of nitriles is 1. The molecule has 12 heteroatoms. The molecule has 2 aromatic heterocycles. The van der Waals surface area contributed by atoms with Crippen LogP contribution >= 0.6 is 0 Å². The molecule has 0 bridgehead atoms. The van der Waals surface area contributed by atoms with Crippen molar-refractivity contribution in [2.75, 3.05) is 0 Å². The molecule has 2 rings (SSSR count). The largest absolute Gasteiger partial charge is 0.493 e. The van der Waals surface area contributed by atoms with Gasteiger partial charge in [0.25, 0.3) is 11.5 Å². The van der Waals surface area contributed by atoms with E-state index in [9.17, 15) is 28.3 Å². The van der Waals surface area contributed by atoms with Crippen LogP contribution in [0.5, 0.6) is 5.88 Å². The Kier molecular flexibility index (Phi) is 5.39. The predicted molar refractivity (Wildman–Crippen MR) is 82.3 cm³/mol. The number of nitrogens with zero attached hydrogens (tertiary/aromatic N) is 6. The lowest BCUT2D eigenvalue weighted by Gasteiger charge is -2.12. The number of unbranched alkanes of at least 4 members (excludes halogenated alkanes) is 1. The molecule has 0 fully saturated rings. The third kappa shape index (κ3) is 3.71. The first-order valence-corrected chi connectivity index (χ1v) is 7.48. The fraction of sp³-hybridized carbons (Fsp3) is 0.429. The lowest BCUT2D eigenvalue weighted by Crippen LogP contribution is -2.22. The molecule has 0 saturated heterocycles. The van der Waals surface area contributed by atoms with E-state index in [2.05, 4.69) is 20.3 Å². The average molecular weight is 369 g/mol. The van der Waals surface area contributed by atoms with E-state index in [0.717, 1.165) is 11.0 Å². The maximum absolute atomic E-state index is 12.5. The van der Waals surface area contributed by atoms with Crippen LogP contribution in [0.2, 0.25) is 0 Å². The molecule has 0 aromatic carbocycles. The van der Waals surface area contributed by atoms with Crippen molar-refractivity contribution >= 4 is 11.6 Å². The molecule has 0 unspecified atom stereocenters. The van der Waals surface area contributed by atoms with Crippen LogP contribution in [-0.4, -0.2) is 24.9 Å². The van der Waals surface area contributed by atoms with Gasteiger partial charge in [-0.25, -0.2) is 0 Å². The first-order valence-electron chi connectivity index (χ1n) is 7.48. The molecule has 0 amide bonds. The van der Waals surface area contributed by atoms with Crippen molar-refractivity contribution in [3.8, 4) is 11.9 Å². The summed E-state index contributed by atoms with van der Waals surface area (Å²) in [6.45, 7) is 3.40. The van der Waals surface area contributed by atoms with Gasteiger partial charge in [-0.1, -0.05) is 13.3 Å². The molecule has 26 heavy (non-hydrogen) atoms. The Balaban J connectivity index is 2.50. The highest BCUT2D eigenvalue weighted by Crippen LogP contribution is 2.28. The van der Waals surface area contributed by atoms with Crippen molar-refractivity contribution < 1.29 is 18.3 Å². The molecule has 2 aromatic rings. The van der Waals surface area contributed by atoms with Crippen LogP contribution in [-0.2, 0) is 12.7 Å². The second kappa shape index (κ2) is 7.34. The Morgan fingerprint density at radius 2 is 2.08 bits per heavy atom. The van der Waals surface area contributed by atoms with Gasteiger partial charge in [-0.05, 0) is 13.3 Å². The maximum atomic E-state index is 12.5. The molecule has 0 spiro atoms. The van der Waals surface area contributed by atoms with E-state index in [4.69, 9.17) is 0 Å². The van der Waals surface area contributed by atoms with E-state index in [0.29, 0.717) is 6.42 Å². The van der Waals surface area contributed by atoms with E-state index in [1.807, 2.05) is 6.92 Å². The SMILES string of the molecule is CCCCn1c(O)c(C#N)c(C)c(N=Nc2n[nH]c(C(F)(F)F)n2)c1=O. The Morgan fingerprint density at radius 1 is 1.38 bits per heavy atom. The average Bonchev–Trinajstić information content (AvgIpc) is 3.04. The maximum Gasteiger partial charge on any atom is 0.451 e.